The molecule has 7 nitrogen and oxygen atoms in total. The zero-order valence-electron chi connectivity index (χ0n) is 20.0. The minimum atomic E-state index is -0.453. The molecule has 0 fully saturated rings. The highest BCUT2D eigenvalue weighted by atomic mass is 79.9. The van der Waals surface area contributed by atoms with E-state index in [1.54, 1.807) is 18.2 Å². The summed E-state index contributed by atoms with van der Waals surface area (Å²) in [5.74, 6) is 0.196. The first-order valence-electron chi connectivity index (χ1n) is 11.1. The van der Waals surface area contributed by atoms with Gasteiger partial charge in [-0.05, 0) is 54.8 Å². The number of benzene rings is 2. The van der Waals surface area contributed by atoms with E-state index in [2.05, 4.69) is 43.3 Å². The molecule has 2 amide bonds. The summed E-state index contributed by atoms with van der Waals surface area (Å²) in [6, 6.07) is 9.93. The molecule has 0 bridgehead atoms. The molecule has 0 aliphatic carbocycles. The van der Waals surface area contributed by atoms with Crippen LogP contribution in [-0.4, -0.2) is 32.3 Å². The number of amides is 2. The molecule has 0 saturated carbocycles. The lowest BCUT2D eigenvalue weighted by atomic mass is 10.0. The SMILES string of the molecule is C=CCn1c(SCC(=O)Nc2ccc(Br)cc2C)nnc1[C@H](NC(=O)c1ccc(Cl)cc1Cl)C(C)C. The summed E-state index contributed by atoms with van der Waals surface area (Å²) in [6.45, 7) is 10.1. The van der Waals surface area contributed by atoms with Gasteiger partial charge in [-0.2, -0.15) is 0 Å². The van der Waals surface area contributed by atoms with Gasteiger partial charge in [0.05, 0.1) is 22.4 Å². The van der Waals surface area contributed by atoms with Crippen LogP contribution in [0.1, 0.15) is 41.6 Å². The number of nitrogens with zero attached hydrogens (tertiary/aromatic N) is 3. The van der Waals surface area contributed by atoms with E-state index in [1.165, 1.54) is 17.8 Å². The normalized spacial score (nSPS) is 11.9. The van der Waals surface area contributed by atoms with Crippen molar-refractivity contribution in [3.8, 4) is 0 Å². The number of rotatable bonds is 10. The molecule has 2 N–H and O–H groups in total. The highest BCUT2D eigenvalue weighted by Gasteiger charge is 2.27. The third-order valence-electron chi connectivity index (χ3n) is 5.26. The number of carbonyl (C=O) groups is 2. The fourth-order valence-electron chi connectivity index (χ4n) is 3.44. The maximum absolute atomic E-state index is 13.0. The Kier molecular flexibility index (Phi) is 10.0. The lowest BCUT2D eigenvalue weighted by molar-refractivity contribution is -0.113. The van der Waals surface area contributed by atoms with Crippen LogP contribution in [-0.2, 0) is 11.3 Å². The predicted molar refractivity (Wildman–Crippen MR) is 150 cm³/mol. The van der Waals surface area contributed by atoms with E-state index >= 15 is 0 Å². The largest absolute Gasteiger partial charge is 0.342 e. The molecule has 190 valence electrons. The minimum absolute atomic E-state index is 0.00526. The van der Waals surface area contributed by atoms with Gasteiger partial charge < -0.3 is 15.2 Å². The van der Waals surface area contributed by atoms with Crippen molar-refractivity contribution in [1.29, 1.82) is 0 Å². The maximum Gasteiger partial charge on any atom is 0.253 e. The molecule has 0 unspecified atom stereocenters. The van der Waals surface area contributed by atoms with Gasteiger partial charge in [-0.25, -0.2) is 0 Å². The van der Waals surface area contributed by atoms with Crippen molar-refractivity contribution in [2.45, 2.75) is 38.5 Å². The van der Waals surface area contributed by atoms with Gasteiger partial charge in [0.2, 0.25) is 5.91 Å². The van der Waals surface area contributed by atoms with E-state index in [9.17, 15) is 9.59 Å². The van der Waals surface area contributed by atoms with Gasteiger partial charge in [0.15, 0.2) is 11.0 Å². The van der Waals surface area contributed by atoms with E-state index in [-0.39, 0.29) is 28.5 Å². The van der Waals surface area contributed by atoms with E-state index < -0.39 is 6.04 Å². The number of allylic oxidation sites excluding steroid dienone is 1. The average molecular weight is 611 g/mol. The molecule has 0 spiro atoms. The topological polar surface area (TPSA) is 88.9 Å². The summed E-state index contributed by atoms with van der Waals surface area (Å²) in [4.78, 5) is 25.6. The maximum atomic E-state index is 13.0. The molecule has 0 saturated heterocycles. The summed E-state index contributed by atoms with van der Waals surface area (Å²) >= 11 is 16.9. The Bertz CT molecular complexity index is 1280. The van der Waals surface area contributed by atoms with E-state index in [0.717, 1.165) is 15.7 Å². The van der Waals surface area contributed by atoms with E-state index in [1.807, 2.05) is 43.5 Å². The average Bonchev–Trinajstić information content (AvgIpc) is 3.20. The van der Waals surface area contributed by atoms with Crippen LogP contribution in [0.2, 0.25) is 10.0 Å². The molecule has 0 aliphatic rings. The van der Waals surface area contributed by atoms with Crippen LogP contribution < -0.4 is 10.6 Å². The Balaban J connectivity index is 1.77. The number of aryl methyl sites for hydroxylation is 1. The third-order valence-corrected chi connectivity index (χ3v) is 7.27. The lowest BCUT2D eigenvalue weighted by Crippen LogP contribution is -2.34. The van der Waals surface area contributed by atoms with Crippen LogP contribution in [0, 0.1) is 12.8 Å². The molecule has 11 heteroatoms. The van der Waals surface area contributed by atoms with Gasteiger partial charge in [0.25, 0.3) is 5.91 Å². The quantitative estimate of drug-likeness (QED) is 0.197. The number of thioether (sulfide) groups is 1. The monoisotopic (exact) mass is 609 g/mol. The van der Waals surface area contributed by atoms with Crippen LogP contribution in [0.15, 0.2) is 58.7 Å². The van der Waals surface area contributed by atoms with Crippen molar-refractivity contribution in [3.63, 3.8) is 0 Å². The zero-order chi connectivity index (χ0) is 26.4. The standard InChI is InChI=1S/C25H26BrCl2N5O2S/c1-5-10-33-23(22(14(2)3)30-24(35)18-8-7-17(27)12-19(18)28)31-32-25(33)36-13-21(34)29-20-9-6-16(26)11-15(20)4/h5-9,11-12,14,22H,1,10,13H2,2-4H3,(H,29,34)(H,30,35)/t22-/m1/s1. The highest BCUT2D eigenvalue weighted by Crippen LogP contribution is 2.28. The first-order chi connectivity index (χ1) is 17.1. The molecule has 0 aliphatic heterocycles. The van der Waals surface area contributed by atoms with Crippen molar-refractivity contribution in [2.24, 2.45) is 5.92 Å². The first-order valence-corrected chi connectivity index (χ1v) is 13.6. The Morgan fingerprint density at radius 3 is 2.58 bits per heavy atom. The van der Waals surface area contributed by atoms with Crippen molar-refractivity contribution in [3.05, 3.63) is 80.5 Å². The van der Waals surface area contributed by atoms with Crippen LogP contribution in [0.3, 0.4) is 0 Å². The van der Waals surface area contributed by atoms with Crippen LogP contribution in [0.5, 0.6) is 0 Å². The van der Waals surface area contributed by atoms with Crippen LogP contribution in [0.25, 0.3) is 0 Å². The van der Waals surface area contributed by atoms with Crippen molar-refractivity contribution in [1.82, 2.24) is 20.1 Å². The number of aromatic nitrogens is 3. The molecule has 2 aromatic carbocycles. The smallest absolute Gasteiger partial charge is 0.253 e. The summed E-state index contributed by atoms with van der Waals surface area (Å²) in [5.41, 5.74) is 2.02. The molecular weight excluding hydrogens is 585 g/mol. The highest BCUT2D eigenvalue weighted by molar-refractivity contribution is 9.10. The van der Waals surface area contributed by atoms with Gasteiger partial charge in [0.1, 0.15) is 0 Å². The summed E-state index contributed by atoms with van der Waals surface area (Å²) in [5, 5.41) is 15.9. The fourth-order valence-corrected chi connectivity index (χ4v) is 5.17. The van der Waals surface area contributed by atoms with E-state index in [4.69, 9.17) is 23.2 Å². The Labute approximate surface area is 233 Å². The molecule has 36 heavy (non-hydrogen) atoms. The van der Waals surface area contributed by atoms with Crippen LogP contribution >= 0.6 is 50.9 Å². The number of halogens is 3. The summed E-state index contributed by atoms with van der Waals surface area (Å²) < 4.78 is 2.80. The summed E-state index contributed by atoms with van der Waals surface area (Å²) in [7, 11) is 0. The third kappa shape index (κ3) is 7.12. The van der Waals surface area contributed by atoms with Crippen molar-refractivity contribution >= 4 is 68.4 Å². The van der Waals surface area contributed by atoms with Gasteiger partial charge in [-0.15, -0.1) is 16.8 Å². The molecular formula is C25H26BrCl2N5O2S. The fraction of sp³-hybridized carbons (Fsp3) is 0.280. The predicted octanol–water partition coefficient (Wildman–Crippen LogP) is 6.70. The Morgan fingerprint density at radius 2 is 1.94 bits per heavy atom. The number of hydrogen-bond donors (Lipinski definition) is 2. The van der Waals surface area contributed by atoms with Crippen LogP contribution in [0.4, 0.5) is 5.69 Å². The van der Waals surface area contributed by atoms with Crippen molar-refractivity contribution in [2.75, 3.05) is 11.1 Å². The lowest BCUT2D eigenvalue weighted by Gasteiger charge is -2.23. The molecule has 1 heterocycles. The minimum Gasteiger partial charge on any atom is -0.342 e. The molecule has 3 aromatic rings. The molecule has 0 radical (unpaired) electrons. The Morgan fingerprint density at radius 1 is 1.19 bits per heavy atom. The second kappa shape index (κ2) is 12.8. The number of nitrogens with one attached hydrogen (secondary N) is 2. The number of carbonyl (C=O) groups excluding carboxylic acids is 2. The van der Waals surface area contributed by atoms with E-state index in [0.29, 0.717) is 28.1 Å². The first kappa shape index (κ1) is 28.2. The van der Waals surface area contributed by atoms with Gasteiger partial charge in [0, 0.05) is 21.7 Å². The molecule has 3 rings (SSSR count). The number of hydrogen-bond acceptors (Lipinski definition) is 5. The second-order valence-electron chi connectivity index (χ2n) is 8.36. The van der Waals surface area contributed by atoms with Crippen molar-refractivity contribution < 1.29 is 9.59 Å². The number of anilines is 1. The molecule has 1 aromatic heterocycles. The summed E-state index contributed by atoms with van der Waals surface area (Å²) in [6.07, 6.45) is 1.72. The Hall–Kier alpha value is -2.33. The van der Waals surface area contributed by atoms with Gasteiger partial charge in [-0.3, -0.25) is 9.59 Å². The second-order valence-corrected chi connectivity index (χ2v) is 11.1. The van der Waals surface area contributed by atoms with Gasteiger partial charge in [-0.1, -0.05) is 70.8 Å². The molecule has 1 atom stereocenters. The zero-order valence-corrected chi connectivity index (χ0v) is 23.9. The van der Waals surface area contributed by atoms with Gasteiger partial charge >= 0.3 is 0 Å².